The predicted octanol–water partition coefficient (Wildman–Crippen LogP) is -0.0281. The number of fused-ring (bicyclic) bond motifs is 2. The quantitative estimate of drug-likeness (QED) is 0.346. The lowest BCUT2D eigenvalue weighted by Crippen LogP contribution is -2.40. The van der Waals surface area contributed by atoms with Crippen LogP contribution in [0.4, 0.5) is 5.82 Å². The van der Waals surface area contributed by atoms with Crippen molar-refractivity contribution in [2.24, 2.45) is 19.1 Å². The summed E-state index contributed by atoms with van der Waals surface area (Å²) in [6.45, 7) is 2.79. The minimum Gasteiger partial charge on any atom is -0.396 e. The molecule has 0 fully saturated rings. The summed E-state index contributed by atoms with van der Waals surface area (Å²) < 4.78 is 7.89. The number of aliphatic hydroxyl groups is 2. The molecule has 0 radical (unpaired) electrons. The van der Waals surface area contributed by atoms with Gasteiger partial charge >= 0.3 is 11.4 Å². The number of hydrogen-bond donors (Lipinski definition) is 2. The molecular weight excluding hydrogens is 606 g/mol. The Hall–Kier alpha value is -2.62. The third kappa shape index (κ3) is 5.10. The van der Waals surface area contributed by atoms with Crippen LogP contribution in [0.15, 0.2) is 28.9 Å². The monoisotopic (exact) mass is 631 g/mol. The zero-order valence-electron chi connectivity index (χ0n) is 20.1. The molecule has 3 aromatic rings. The SMILES string of the molecule is CCn1c(Br)nc2c1c(=O)n(CCCO)c(=O)n2C.Cn1c2c(c(=O)n(CCCO)c1=O)CC(Br)=N2. The Morgan fingerprint density at radius 1 is 0.861 bits per heavy atom. The molecule has 4 rings (SSSR count). The average molecular weight is 633 g/mol. The van der Waals surface area contributed by atoms with Crippen LogP contribution in [0.5, 0.6) is 0 Å². The maximum Gasteiger partial charge on any atom is 0.332 e. The molecule has 196 valence electrons. The predicted molar refractivity (Wildman–Crippen MR) is 142 cm³/mol. The highest BCUT2D eigenvalue weighted by Crippen LogP contribution is 2.23. The molecule has 36 heavy (non-hydrogen) atoms. The van der Waals surface area contributed by atoms with Gasteiger partial charge in [-0.15, -0.1) is 0 Å². The van der Waals surface area contributed by atoms with Crippen molar-refractivity contribution in [3.63, 3.8) is 0 Å². The van der Waals surface area contributed by atoms with Crippen LogP contribution >= 0.6 is 31.9 Å². The van der Waals surface area contributed by atoms with E-state index in [1.54, 1.807) is 18.7 Å². The number of nitrogens with zero attached hydrogens (tertiary/aromatic N) is 7. The van der Waals surface area contributed by atoms with Crippen LogP contribution in [0.25, 0.3) is 11.2 Å². The molecule has 2 N–H and O–H groups in total. The van der Waals surface area contributed by atoms with E-state index < -0.39 is 11.4 Å². The van der Waals surface area contributed by atoms with E-state index in [0.29, 0.717) is 57.7 Å². The van der Waals surface area contributed by atoms with Crippen LogP contribution in [0.1, 0.15) is 25.3 Å². The lowest BCUT2D eigenvalue weighted by molar-refractivity contribution is 0.277. The van der Waals surface area contributed by atoms with Crippen LogP contribution in [0, 0.1) is 0 Å². The van der Waals surface area contributed by atoms with E-state index in [9.17, 15) is 19.2 Å². The van der Waals surface area contributed by atoms with Crippen LogP contribution in [-0.4, -0.2) is 55.9 Å². The lowest BCUT2D eigenvalue weighted by atomic mass is 10.2. The summed E-state index contributed by atoms with van der Waals surface area (Å²) in [6.07, 6.45) is 1.17. The minimum absolute atomic E-state index is 0.0487. The van der Waals surface area contributed by atoms with Crippen molar-refractivity contribution in [3.8, 4) is 0 Å². The molecule has 0 unspecified atom stereocenters. The first-order chi connectivity index (χ1) is 17.1. The molecule has 0 bridgehead atoms. The van der Waals surface area contributed by atoms with Crippen LogP contribution < -0.4 is 22.5 Å². The van der Waals surface area contributed by atoms with Gasteiger partial charge < -0.3 is 14.8 Å². The Labute approximate surface area is 221 Å². The summed E-state index contributed by atoms with van der Waals surface area (Å²) >= 11 is 6.52. The van der Waals surface area contributed by atoms with Gasteiger partial charge in [0.1, 0.15) is 5.82 Å². The molecule has 13 nitrogen and oxygen atoms in total. The van der Waals surface area contributed by atoms with Gasteiger partial charge in [0.25, 0.3) is 11.1 Å². The summed E-state index contributed by atoms with van der Waals surface area (Å²) in [6, 6.07) is 0. The minimum atomic E-state index is -0.417. The molecule has 0 saturated heterocycles. The highest BCUT2D eigenvalue weighted by Gasteiger charge is 2.22. The van der Waals surface area contributed by atoms with Gasteiger partial charge in [-0.1, -0.05) is 0 Å². The Bertz CT molecular complexity index is 1560. The number of aryl methyl sites for hydroxylation is 2. The zero-order valence-corrected chi connectivity index (χ0v) is 23.2. The Morgan fingerprint density at radius 3 is 1.97 bits per heavy atom. The van der Waals surface area contributed by atoms with Gasteiger partial charge in [0.15, 0.2) is 15.9 Å². The first-order valence-corrected chi connectivity index (χ1v) is 12.8. The summed E-state index contributed by atoms with van der Waals surface area (Å²) in [7, 11) is 3.17. The van der Waals surface area contributed by atoms with Crippen molar-refractivity contribution in [3.05, 3.63) is 52.0 Å². The fraction of sp³-hybridized carbons (Fsp3) is 0.524. The smallest absolute Gasteiger partial charge is 0.332 e. The van der Waals surface area contributed by atoms with E-state index in [1.807, 2.05) is 6.92 Å². The van der Waals surface area contributed by atoms with Crippen molar-refractivity contribution >= 4 is 53.5 Å². The molecule has 0 aromatic carbocycles. The zero-order chi connectivity index (χ0) is 26.7. The Morgan fingerprint density at radius 2 is 1.42 bits per heavy atom. The fourth-order valence-corrected chi connectivity index (χ4v) is 4.95. The molecule has 0 spiro atoms. The van der Waals surface area contributed by atoms with Gasteiger partial charge in [-0.25, -0.2) is 19.6 Å². The molecule has 1 aliphatic rings. The summed E-state index contributed by atoms with van der Waals surface area (Å²) in [5, 5.41) is 17.6. The molecule has 0 atom stereocenters. The highest BCUT2D eigenvalue weighted by molar-refractivity contribution is 9.18. The van der Waals surface area contributed by atoms with Crippen molar-refractivity contribution in [1.29, 1.82) is 0 Å². The average Bonchev–Trinajstić information content (AvgIpc) is 3.41. The van der Waals surface area contributed by atoms with Gasteiger partial charge in [-0.05, 0) is 51.6 Å². The normalized spacial score (nSPS) is 12.5. The van der Waals surface area contributed by atoms with Gasteiger partial charge in [0.05, 0.1) is 10.2 Å². The van der Waals surface area contributed by atoms with Crippen LogP contribution in [0.3, 0.4) is 0 Å². The molecule has 0 aliphatic carbocycles. The van der Waals surface area contributed by atoms with Crippen molar-refractivity contribution in [2.45, 2.75) is 45.8 Å². The van der Waals surface area contributed by atoms with E-state index in [4.69, 9.17) is 10.2 Å². The number of aliphatic imine (C=N–C) groups is 1. The molecule has 1 aliphatic heterocycles. The first-order valence-electron chi connectivity index (χ1n) is 11.2. The molecule has 15 heteroatoms. The number of halogens is 2. The lowest BCUT2D eigenvalue weighted by Gasteiger charge is -2.09. The number of hydrogen-bond acceptors (Lipinski definition) is 8. The standard InChI is InChI=1S/C11H15BrN4O3.C10H12BrN3O3/c1-3-15-7-8(13-10(15)12)14(2)11(19)16(9(7)18)5-4-6-17;1-13-8-6(5-7(11)12-8)9(16)14(10(13)17)3-2-4-15/h17H,3-6H2,1-2H3;15H,2-5H2,1H3. The fourth-order valence-electron chi connectivity index (χ4n) is 3.90. The van der Waals surface area contributed by atoms with Crippen LogP contribution in [-0.2, 0) is 40.2 Å². The first kappa shape index (κ1) is 28.0. The van der Waals surface area contributed by atoms with Crippen molar-refractivity contribution < 1.29 is 10.2 Å². The second-order valence-electron chi connectivity index (χ2n) is 8.02. The van der Waals surface area contributed by atoms with Gasteiger partial charge in [-0.2, -0.15) is 0 Å². The van der Waals surface area contributed by atoms with Gasteiger partial charge in [0.2, 0.25) is 0 Å². The van der Waals surface area contributed by atoms with Gasteiger partial charge in [-0.3, -0.25) is 27.9 Å². The second-order valence-corrected chi connectivity index (χ2v) is 9.64. The number of rotatable bonds is 7. The van der Waals surface area contributed by atoms with E-state index in [0.717, 1.165) is 9.13 Å². The maximum absolute atomic E-state index is 12.4. The Kier molecular flexibility index (Phi) is 9.03. The van der Waals surface area contributed by atoms with E-state index in [2.05, 4.69) is 41.8 Å². The largest absolute Gasteiger partial charge is 0.396 e. The number of aliphatic hydroxyl groups excluding tert-OH is 2. The summed E-state index contributed by atoms with van der Waals surface area (Å²) in [4.78, 5) is 56.8. The number of imidazole rings is 1. The molecule has 0 amide bonds. The molecular formula is C21H27Br2N7O6. The van der Waals surface area contributed by atoms with Gasteiger partial charge in [0, 0.05) is 53.4 Å². The highest BCUT2D eigenvalue weighted by atomic mass is 79.9. The van der Waals surface area contributed by atoms with E-state index >= 15 is 0 Å². The molecule has 0 saturated carbocycles. The summed E-state index contributed by atoms with van der Waals surface area (Å²) in [5.74, 6) is 0.423. The van der Waals surface area contributed by atoms with E-state index in [-0.39, 0.29) is 37.4 Å². The third-order valence-electron chi connectivity index (χ3n) is 5.74. The topological polar surface area (TPSA) is 159 Å². The van der Waals surface area contributed by atoms with Crippen LogP contribution in [0.2, 0.25) is 0 Å². The molecule has 4 heterocycles. The Balaban J connectivity index is 0.000000202. The van der Waals surface area contributed by atoms with E-state index in [1.165, 1.54) is 9.13 Å². The summed E-state index contributed by atoms with van der Waals surface area (Å²) in [5.41, 5.74) is -0.205. The number of aromatic nitrogens is 6. The van der Waals surface area contributed by atoms with Crippen molar-refractivity contribution in [2.75, 3.05) is 13.2 Å². The second kappa shape index (κ2) is 11.6. The third-order valence-corrected chi connectivity index (χ3v) is 6.80. The van der Waals surface area contributed by atoms with Crippen molar-refractivity contribution in [1.82, 2.24) is 27.8 Å². The molecule has 3 aromatic heterocycles. The maximum atomic E-state index is 12.4.